The molecule has 0 radical (unpaired) electrons. The van der Waals surface area contributed by atoms with Gasteiger partial charge in [-0.1, -0.05) is 18.2 Å². The highest BCUT2D eigenvalue weighted by molar-refractivity contribution is 7.90. The van der Waals surface area contributed by atoms with Crippen molar-refractivity contribution >= 4 is 49.9 Å². The summed E-state index contributed by atoms with van der Waals surface area (Å²) in [4.78, 5) is 18.5. The second kappa shape index (κ2) is 12.3. The van der Waals surface area contributed by atoms with Crippen LogP contribution in [0.5, 0.6) is 0 Å². The molecular formula is C25H28ClN3O5S2. The van der Waals surface area contributed by atoms with Crippen molar-refractivity contribution in [2.45, 2.75) is 16.2 Å². The van der Waals surface area contributed by atoms with Crippen LogP contribution in [0, 0.1) is 0 Å². The highest BCUT2D eigenvalue weighted by Gasteiger charge is 2.21. The molecule has 0 saturated heterocycles. The van der Waals surface area contributed by atoms with E-state index in [1.54, 1.807) is 49.7 Å². The van der Waals surface area contributed by atoms with Gasteiger partial charge >= 0.3 is 0 Å². The van der Waals surface area contributed by atoms with Crippen LogP contribution in [-0.4, -0.2) is 58.9 Å². The van der Waals surface area contributed by atoms with Crippen LogP contribution in [0.2, 0.25) is 0 Å². The van der Waals surface area contributed by atoms with Crippen LogP contribution < -0.4 is 4.90 Å². The summed E-state index contributed by atoms with van der Waals surface area (Å²) in [6, 6.07) is 17.8. The van der Waals surface area contributed by atoms with Crippen molar-refractivity contribution in [3.63, 3.8) is 0 Å². The number of halogens is 1. The van der Waals surface area contributed by atoms with Gasteiger partial charge in [0.15, 0.2) is 9.84 Å². The van der Waals surface area contributed by atoms with Gasteiger partial charge in [-0.15, -0.1) is 12.4 Å². The Morgan fingerprint density at radius 2 is 1.50 bits per heavy atom. The van der Waals surface area contributed by atoms with E-state index in [4.69, 9.17) is 0 Å². The third-order valence-corrected chi connectivity index (χ3v) is 8.40. The van der Waals surface area contributed by atoms with E-state index >= 15 is 0 Å². The third kappa shape index (κ3) is 7.47. The summed E-state index contributed by atoms with van der Waals surface area (Å²) in [6.45, 7) is 0.287. The molecule has 1 amide bonds. The summed E-state index contributed by atoms with van der Waals surface area (Å²) in [5.74, 6) is -0.319. The van der Waals surface area contributed by atoms with Crippen LogP contribution in [0.25, 0.3) is 6.08 Å². The largest absolute Gasteiger partial charge is 0.312 e. The Labute approximate surface area is 218 Å². The minimum Gasteiger partial charge on any atom is -0.312 e. The fourth-order valence-electron chi connectivity index (χ4n) is 3.19. The van der Waals surface area contributed by atoms with Gasteiger partial charge in [0.25, 0.3) is 5.91 Å². The zero-order valence-electron chi connectivity index (χ0n) is 20.1. The summed E-state index contributed by atoms with van der Waals surface area (Å²) < 4.78 is 50.2. The standard InChI is InChI=1S/C25H27N3O5S2.ClH/c1-27(19-17-21-6-4-5-18-26-21)35(32,33)24-14-10-22(11-15-24)28(2)25(29)16-9-20-7-12-23(13-8-20)34(3,30)31;/h4-16,18H,17,19H2,1-3H3;1H. The first-order valence-electron chi connectivity index (χ1n) is 10.7. The maximum Gasteiger partial charge on any atom is 0.250 e. The zero-order valence-corrected chi connectivity index (χ0v) is 22.6. The summed E-state index contributed by atoms with van der Waals surface area (Å²) in [5, 5.41) is 0. The molecule has 0 aliphatic rings. The number of benzene rings is 2. The fourth-order valence-corrected chi connectivity index (χ4v) is 4.99. The molecule has 0 atom stereocenters. The quantitative estimate of drug-likeness (QED) is 0.379. The Kier molecular flexibility index (Phi) is 9.94. The van der Waals surface area contributed by atoms with E-state index in [1.807, 2.05) is 12.1 Å². The molecule has 192 valence electrons. The molecule has 0 unspecified atom stereocenters. The number of sulfone groups is 1. The van der Waals surface area contributed by atoms with Gasteiger partial charge in [-0.3, -0.25) is 9.78 Å². The number of hydrogen-bond acceptors (Lipinski definition) is 6. The number of nitrogens with zero attached hydrogens (tertiary/aromatic N) is 3. The number of amides is 1. The average molecular weight is 550 g/mol. The molecule has 3 rings (SSSR count). The predicted octanol–water partition coefficient (Wildman–Crippen LogP) is 3.45. The highest BCUT2D eigenvalue weighted by atomic mass is 35.5. The molecule has 11 heteroatoms. The Hall–Kier alpha value is -3.05. The van der Waals surface area contributed by atoms with E-state index in [0.717, 1.165) is 11.9 Å². The van der Waals surface area contributed by atoms with Crippen LogP contribution in [0.1, 0.15) is 11.3 Å². The number of sulfonamides is 1. The maximum absolute atomic E-state index is 12.9. The van der Waals surface area contributed by atoms with Gasteiger partial charge in [-0.05, 0) is 60.2 Å². The maximum atomic E-state index is 12.9. The molecule has 0 bridgehead atoms. The van der Waals surface area contributed by atoms with E-state index in [0.29, 0.717) is 17.7 Å². The predicted molar refractivity (Wildman–Crippen MR) is 143 cm³/mol. The fraction of sp³-hybridized carbons (Fsp3) is 0.200. The van der Waals surface area contributed by atoms with E-state index in [-0.39, 0.29) is 34.6 Å². The van der Waals surface area contributed by atoms with Gasteiger partial charge < -0.3 is 4.90 Å². The molecule has 36 heavy (non-hydrogen) atoms. The monoisotopic (exact) mass is 549 g/mol. The lowest BCUT2D eigenvalue weighted by Crippen LogP contribution is -2.29. The molecule has 0 fully saturated rings. The number of rotatable bonds is 9. The SMILES string of the molecule is CN(C(=O)C=Cc1ccc(S(C)(=O)=O)cc1)c1ccc(S(=O)(=O)N(C)CCc2ccccn2)cc1.Cl. The molecule has 2 aromatic carbocycles. The van der Waals surface area contributed by atoms with Crippen LogP contribution in [0.3, 0.4) is 0 Å². The number of hydrogen-bond donors (Lipinski definition) is 0. The van der Waals surface area contributed by atoms with Crippen molar-refractivity contribution in [1.82, 2.24) is 9.29 Å². The number of aromatic nitrogens is 1. The second-order valence-electron chi connectivity index (χ2n) is 7.96. The van der Waals surface area contributed by atoms with Crippen molar-refractivity contribution in [3.8, 4) is 0 Å². The molecule has 3 aromatic rings. The summed E-state index contributed by atoms with van der Waals surface area (Å²) in [7, 11) is -3.86. The average Bonchev–Trinajstić information content (AvgIpc) is 2.85. The lowest BCUT2D eigenvalue weighted by atomic mass is 10.2. The van der Waals surface area contributed by atoms with Crippen molar-refractivity contribution in [3.05, 3.63) is 90.3 Å². The topological polar surface area (TPSA) is 105 Å². The molecule has 0 spiro atoms. The van der Waals surface area contributed by atoms with E-state index in [2.05, 4.69) is 4.98 Å². The van der Waals surface area contributed by atoms with Gasteiger partial charge in [0.2, 0.25) is 10.0 Å². The van der Waals surface area contributed by atoms with Crippen LogP contribution >= 0.6 is 12.4 Å². The Balaban J connectivity index is 0.00000456. The molecule has 8 nitrogen and oxygen atoms in total. The number of pyridine rings is 1. The smallest absolute Gasteiger partial charge is 0.250 e. The number of likely N-dealkylation sites (N-methyl/N-ethyl adjacent to an activating group) is 2. The summed E-state index contributed by atoms with van der Waals surface area (Å²) in [5.41, 5.74) is 2.01. The van der Waals surface area contributed by atoms with Crippen molar-refractivity contribution in [2.24, 2.45) is 0 Å². The lowest BCUT2D eigenvalue weighted by molar-refractivity contribution is -0.113. The normalized spacial score (nSPS) is 11.9. The minimum absolute atomic E-state index is 0. The zero-order chi connectivity index (χ0) is 25.6. The Bertz CT molecular complexity index is 1410. The van der Waals surface area contributed by atoms with Gasteiger partial charge in [-0.2, -0.15) is 0 Å². The molecule has 1 heterocycles. The van der Waals surface area contributed by atoms with Crippen molar-refractivity contribution < 1.29 is 21.6 Å². The Morgan fingerprint density at radius 1 is 0.889 bits per heavy atom. The number of carbonyl (C=O) groups is 1. The van der Waals surface area contributed by atoms with Gasteiger partial charge in [0.1, 0.15) is 0 Å². The van der Waals surface area contributed by atoms with E-state index in [9.17, 15) is 21.6 Å². The summed E-state index contributed by atoms with van der Waals surface area (Å²) in [6.07, 6.45) is 6.25. The molecule has 1 aromatic heterocycles. The third-order valence-electron chi connectivity index (χ3n) is 5.40. The van der Waals surface area contributed by atoms with Crippen molar-refractivity contribution in [1.29, 1.82) is 0 Å². The van der Waals surface area contributed by atoms with Crippen LogP contribution in [0.15, 0.2) is 88.8 Å². The molecule has 0 aliphatic heterocycles. The summed E-state index contributed by atoms with van der Waals surface area (Å²) >= 11 is 0. The van der Waals surface area contributed by atoms with Crippen LogP contribution in [-0.2, 0) is 31.1 Å². The molecule has 0 aliphatic carbocycles. The van der Waals surface area contributed by atoms with E-state index < -0.39 is 19.9 Å². The first kappa shape index (κ1) is 29.2. The van der Waals surface area contributed by atoms with Gasteiger partial charge in [-0.25, -0.2) is 21.1 Å². The molecular weight excluding hydrogens is 522 g/mol. The first-order valence-corrected chi connectivity index (χ1v) is 14.0. The second-order valence-corrected chi connectivity index (χ2v) is 12.0. The Morgan fingerprint density at radius 3 is 2.06 bits per heavy atom. The van der Waals surface area contributed by atoms with Gasteiger partial charge in [0.05, 0.1) is 9.79 Å². The number of anilines is 1. The van der Waals surface area contributed by atoms with Gasteiger partial charge in [0, 0.05) is 57.0 Å². The van der Waals surface area contributed by atoms with Crippen molar-refractivity contribution in [2.75, 3.05) is 31.8 Å². The minimum atomic E-state index is -3.69. The first-order chi connectivity index (χ1) is 16.5. The van der Waals surface area contributed by atoms with Crippen LogP contribution in [0.4, 0.5) is 5.69 Å². The highest BCUT2D eigenvalue weighted by Crippen LogP contribution is 2.20. The van der Waals surface area contributed by atoms with E-state index in [1.165, 1.54) is 46.6 Å². The molecule has 0 N–H and O–H groups in total. The number of carbonyl (C=O) groups excluding carboxylic acids is 1. The lowest BCUT2D eigenvalue weighted by Gasteiger charge is -2.19. The molecule has 0 saturated carbocycles.